The summed E-state index contributed by atoms with van der Waals surface area (Å²) in [6.07, 6.45) is 8.33. The van der Waals surface area contributed by atoms with Gasteiger partial charge in [-0.2, -0.15) is 5.10 Å². The molecule has 1 aromatic heterocycles. The lowest BCUT2D eigenvalue weighted by molar-refractivity contribution is 0.0624. The molecule has 0 radical (unpaired) electrons. The van der Waals surface area contributed by atoms with Gasteiger partial charge in [0.05, 0.1) is 23.9 Å². The molecular weight excluding hydrogens is 340 g/mol. The first-order valence-electron chi connectivity index (χ1n) is 10.2. The Kier molecular flexibility index (Phi) is 5.34. The number of likely N-dealkylation sites (tertiary alicyclic amines) is 1. The van der Waals surface area contributed by atoms with Crippen LogP contribution in [0.15, 0.2) is 24.4 Å². The van der Waals surface area contributed by atoms with E-state index in [2.05, 4.69) is 40.2 Å². The van der Waals surface area contributed by atoms with Crippen molar-refractivity contribution >= 4 is 16.9 Å². The van der Waals surface area contributed by atoms with E-state index in [0.717, 1.165) is 51.6 Å². The van der Waals surface area contributed by atoms with E-state index in [1.807, 2.05) is 11.1 Å². The van der Waals surface area contributed by atoms with E-state index in [9.17, 15) is 4.79 Å². The molecule has 27 heavy (non-hydrogen) atoms. The number of urea groups is 1. The number of hydrogen-bond acceptors (Lipinski definition) is 3. The summed E-state index contributed by atoms with van der Waals surface area (Å²) in [6.45, 7) is 3.68. The van der Waals surface area contributed by atoms with Crippen molar-refractivity contribution in [2.75, 3.05) is 20.2 Å². The van der Waals surface area contributed by atoms with Gasteiger partial charge in [0.2, 0.25) is 0 Å². The van der Waals surface area contributed by atoms with Gasteiger partial charge in [-0.1, -0.05) is 11.6 Å². The van der Waals surface area contributed by atoms with Crippen molar-refractivity contribution < 1.29 is 9.53 Å². The Morgan fingerprint density at radius 2 is 1.89 bits per heavy atom. The number of benzene rings is 1. The summed E-state index contributed by atoms with van der Waals surface area (Å²) in [6, 6.07) is 7.23. The average Bonchev–Trinajstić information content (AvgIpc) is 3.11. The summed E-state index contributed by atoms with van der Waals surface area (Å²) < 4.78 is 7.56. The third-order valence-corrected chi connectivity index (χ3v) is 6.18. The van der Waals surface area contributed by atoms with Gasteiger partial charge in [-0.15, -0.1) is 0 Å². The minimum absolute atomic E-state index is 0.0928. The number of hydrogen-bond donors (Lipinski definition) is 1. The van der Waals surface area contributed by atoms with Crippen LogP contribution in [0.2, 0.25) is 0 Å². The van der Waals surface area contributed by atoms with E-state index < -0.39 is 0 Å². The van der Waals surface area contributed by atoms with Crippen molar-refractivity contribution in [3.63, 3.8) is 0 Å². The number of aromatic nitrogens is 2. The van der Waals surface area contributed by atoms with E-state index in [4.69, 9.17) is 4.74 Å². The summed E-state index contributed by atoms with van der Waals surface area (Å²) >= 11 is 0. The molecule has 1 saturated heterocycles. The largest absolute Gasteiger partial charge is 0.381 e. The predicted octanol–water partition coefficient (Wildman–Crippen LogP) is 3.65. The maximum atomic E-state index is 12.6. The fraction of sp³-hybridized carbons (Fsp3) is 0.619. The van der Waals surface area contributed by atoms with Crippen LogP contribution in [0.25, 0.3) is 10.9 Å². The Balaban J connectivity index is 1.31. The fourth-order valence-corrected chi connectivity index (χ4v) is 4.49. The van der Waals surface area contributed by atoms with Crippen LogP contribution in [0, 0.1) is 6.92 Å². The van der Waals surface area contributed by atoms with Crippen molar-refractivity contribution in [3.05, 3.63) is 30.0 Å². The molecule has 4 rings (SSSR count). The zero-order valence-corrected chi connectivity index (χ0v) is 16.4. The summed E-state index contributed by atoms with van der Waals surface area (Å²) in [5, 5.41) is 9.05. The van der Waals surface area contributed by atoms with E-state index in [1.165, 1.54) is 16.5 Å². The van der Waals surface area contributed by atoms with Crippen molar-refractivity contribution in [2.24, 2.45) is 0 Å². The fourth-order valence-electron chi connectivity index (χ4n) is 4.49. The number of carbonyl (C=O) groups is 1. The molecule has 0 atom stereocenters. The van der Waals surface area contributed by atoms with Crippen LogP contribution in [0.1, 0.15) is 50.1 Å². The maximum Gasteiger partial charge on any atom is 0.317 e. The second-order valence-corrected chi connectivity index (χ2v) is 8.03. The molecule has 0 bridgehead atoms. The highest BCUT2D eigenvalue weighted by atomic mass is 16.5. The molecule has 1 aromatic carbocycles. The van der Waals surface area contributed by atoms with Gasteiger partial charge in [0, 0.05) is 31.6 Å². The first-order valence-corrected chi connectivity index (χ1v) is 10.2. The molecule has 2 amide bonds. The molecule has 2 heterocycles. The zero-order chi connectivity index (χ0) is 18.8. The van der Waals surface area contributed by atoms with Crippen molar-refractivity contribution in [1.82, 2.24) is 20.0 Å². The molecular formula is C21H30N4O2. The second kappa shape index (κ2) is 7.89. The van der Waals surface area contributed by atoms with Crippen LogP contribution in [-0.2, 0) is 4.74 Å². The smallest absolute Gasteiger partial charge is 0.317 e. The Morgan fingerprint density at radius 1 is 1.15 bits per heavy atom. The number of aryl methyl sites for hydroxylation is 1. The highest BCUT2D eigenvalue weighted by molar-refractivity contribution is 5.79. The topological polar surface area (TPSA) is 59.4 Å². The first-order chi connectivity index (χ1) is 13.1. The molecule has 2 aliphatic rings. The highest BCUT2D eigenvalue weighted by Crippen LogP contribution is 2.27. The quantitative estimate of drug-likeness (QED) is 0.897. The number of piperidine rings is 1. The van der Waals surface area contributed by atoms with Gasteiger partial charge in [-0.3, -0.25) is 4.68 Å². The lowest BCUT2D eigenvalue weighted by Crippen LogP contribution is -2.49. The normalized spacial score (nSPS) is 24.3. The lowest BCUT2D eigenvalue weighted by Gasteiger charge is -2.35. The summed E-state index contributed by atoms with van der Waals surface area (Å²) in [5.41, 5.74) is 2.45. The number of nitrogens with zero attached hydrogens (tertiary/aromatic N) is 3. The third-order valence-electron chi connectivity index (χ3n) is 6.18. The van der Waals surface area contributed by atoms with E-state index >= 15 is 0 Å². The molecule has 1 aliphatic carbocycles. The molecule has 0 spiro atoms. The number of amides is 2. The maximum absolute atomic E-state index is 12.6. The first kappa shape index (κ1) is 18.3. The molecule has 1 saturated carbocycles. The Bertz CT molecular complexity index is 787. The highest BCUT2D eigenvalue weighted by Gasteiger charge is 2.28. The van der Waals surface area contributed by atoms with Gasteiger partial charge in [-0.05, 0) is 57.6 Å². The molecule has 6 heteroatoms. The van der Waals surface area contributed by atoms with Gasteiger partial charge < -0.3 is 15.0 Å². The van der Waals surface area contributed by atoms with Gasteiger partial charge in [0.15, 0.2) is 0 Å². The summed E-state index contributed by atoms with van der Waals surface area (Å²) in [5.74, 6) is 0. The number of nitrogens with one attached hydrogen (secondary N) is 1. The van der Waals surface area contributed by atoms with E-state index in [-0.39, 0.29) is 6.03 Å². The number of rotatable bonds is 3. The molecule has 1 aliphatic heterocycles. The van der Waals surface area contributed by atoms with Crippen LogP contribution >= 0.6 is 0 Å². The van der Waals surface area contributed by atoms with Gasteiger partial charge in [0.1, 0.15) is 0 Å². The molecule has 2 fully saturated rings. The van der Waals surface area contributed by atoms with Crippen molar-refractivity contribution in [3.8, 4) is 0 Å². The second-order valence-electron chi connectivity index (χ2n) is 8.03. The Hall–Kier alpha value is -2.08. The lowest BCUT2D eigenvalue weighted by atomic mass is 9.93. The minimum atomic E-state index is 0.0928. The number of carbonyl (C=O) groups excluding carboxylic acids is 1. The average molecular weight is 370 g/mol. The number of methoxy groups -OCH3 is 1. The summed E-state index contributed by atoms with van der Waals surface area (Å²) in [7, 11) is 1.78. The standard InChI is InChI=1S/C21H30N4O2/c1-15-3-8-20-16(13-15)14-22-25(20)18-9-11-24(12-10-18)21(26)23-17-4-6-19(27-2)7-5-17/h3,8,13-14,17-19H,4-7,9-12H2,1-2H3,(H,23,26). The summed E-state index contributed by atoms with van der Waals surface area (Å²) in [4.78, 5) is 14.6. The molecule has 0 unspecified atom stereocenters. The predicted molar refractivity (Wildman–Crippen MR) is 106 cm³/mol. The van der Waals surface area contributed by atoms with E-state index in [1.54, 1.807) is 7.11 Å². The molecule has 1 N–H and O–H groups in total. The monoisotopic (exact) mass is 370 g/mol. The van der Waals surface area contributed by atoms with Crippen molar-refractivity contribution in [1.29, 1.82) is 0 Å². The van der Waals surface area contributed by atoms with Crippen LogP contribution in [-0.4, -0.2) is 53.1 Å². The van der Waals surface area contributed by atoms with Gasteiger partial charge in [-0.25, -0.2) is 4.79 Å². The number of fused-ring (bicyclic) bond motifs is 1. The van der Waals surface area contributed by atoms with Gasteiger partial charge >= 0.3 is 6.03 Å². The number of ether oxygens (including phenoxy) is 1. The van der Waals surface area contributed by atoms with Crippen LogP contribution in [0.5, 0.6) is 0 Å². The minimum Gasteiger partial charge on any atom is -0.381 e. The zero-order valence-electron chi connectivity index (χ0n) is 16.4. The Morgan fingerprint density at radius 3 is 2.59 bits per heavy atom. The SMILES string of the molecule is COC1CCC(NC(=O)N2CCC(n3ncc4cc(C)ccc43)CC2)CC1. The molecule has 146 valence electrons. The van der Waals surface area contributed by atoms with E-state index in [0.29, 0.717) is 18.2 Å². The molecule has 6 nitrogen and oxygen atoms in total. The Labute approximate surface area is 160 Å². The van der Waals surface area contributed by atoms with Crippen LogP contribution in [0.4, 0.5) is 4.79 Å². The van der Waals surface area contributed by atoms with Crippen LogP contribution < -0.4 is 5.32 Å². The molecule has 2 aromatic rings. The third kappa shape index (κ3) is 3.95. The van der Waals surface area contributed by atoms with Gasteiger partial charge in [0.25, 0.3) is 0 Å². The van der Waals surface area contributed by atoms with Crippen LogP contribution in [0.3, 0.4) is 0 Å². The van der Waals surface area contributed by atoms with Crippen molar-refractivity contribution in [2.45, 2.75) is 63.6 Å².